The average molecular weight is 400 g/mol. The van der Waals surface area contributed by atoms with Crippen LogP contribution in [-0.2, 0) is 10.2 Å². The highest BCUT2D eigenvalue weighted by molar-refractivity contribution is 7.87. The summed E-state index contributed by atoms with van der Waals surface area (Å²) in [5.41, 5.74) is 0.301. The molecule has 0 saturated carbocycles. The van der Waals surface area contributed by atoms with E-state index in [0.717, 1.165) is 8.28 Å². The fourth-order valence-electron chi connectivity index (χ4n) is 2.55. The van der Waals surface area contributed by atoms with E-state index in [1.807, 2.05) is 0 Å². The van der Waals surface area contributed by atoms with Gasteiger partial charge in [0.15, 0.2) is 5.82 Å². The number of rotatable bonds is 6. The zero-order valence-corrected chi connectivity index (χ0v) is 15.8. The van der Waals surface area contributed by atoms with Gasteiger partial charge in [-0.1, -0.05) is 5.92 Å². The zero-order valence-electron chi connectivity index (χ0n) is 15.0. The fourth-order valence-corrected chi connectivity index (χ4v) is 3.63. The number of hydrogen-bond acceptors (Lipinski definition) is 6. The van der Waals surface area contributed by atoms with Crippen LogP contribution in [-0.4, -0.2) is 58.4 Å². The number of carboxylic acid groups (broad SMARTS) is 1. The van der Waals surface area contributed by atoms with Gasteiger partial charge in [-0.3, -0.25) is 4.98 Å². The van der Waals surface area contributed by atoms with Crippen molar-refractivity contribution >= 4 is 27.2 Å². The van der Waals surface area contributed by atoms with E-state index in [-0.39, 0.29) is 34.7 Å². The van der Waals surface area contributed by atoms with Crippen LogP contribution in [0.3, 0.4) is 0 Å². The lowest BCUT2D eigenvalue weighted by Gasteiger charge is -2.15. The molecule has 1 N–H and O–H groups in total. The Hall–Kier alpha value is -3.42. The first kappa shape index (κ1) is 19.3. The van der Waals surface area contributed by atoms with E-state index in [0.29, 0.717) is 5.75 Å². The van der Waals surface area contributed by atoms with Crippen molar-refractivity contribution in [2.45, 2.75) is 0 Å². The van der Waals surface area contributed by atoms with Gasteiger partial charge in [-0.15, -0.1) is 6.42 Å². The maximum atomic E-state index is 13.0. The Bertz CT molecular complexity index is 1210. The topological polar surface area (TPSA) is 115 Å². The normalized spacial score (nSPS) is 11.5. The number of fused-ring (bicyclic) bond motifs is 1. The van der Waals surface area contributed by atoms with Crippen LogP contribution in [0.1, 0.15) is 10.4 Å². The highest BCUT2D eigenvalue weighted by Gasteiger charge is 2.28. The molecule has 0 atom stereocenters. The summed E-state index contributed by atoms with van der Waals surface area (Å²) < 4.78 is 33.2. The van der Waals surface area contributed by atoms with Gasteiger partial charge in [0.1, 0.15) is 18.1 Å². The van der Waals surface area contributed by atoms with Crippen LogP contribution in [0, 0.1) is 12.3 Å². The molecule has 0 spiro atoms. The predicted molar refractivity (Wildman–Crippen MR) is 102 cm³/mol. The molecule has 0 aliphatic rings. The summed E-state index contributed by atoms with van der Waals surface area (Å²) in [5.74, 6) is 1.38. The van der Waals surface area contributed by atoms with Gasteiger partial charge >= 0.3 is 16.2 Å². The second kappa shape index (κ2) is 7.30. The minimum atomic E-state index is -4.03. The van der Waals surface area contributed by atoms with Crippen molar-refractivity contribution in [1.29, 1.82) is 0 Å². The van der Waals surface area contributed by atoms with Gasteiger partial charge in [0.2, 0.25) is 0 Å². The first-order valence-corrected chi connectivity index (χ1v) is 9.37. The predicted octanol–water partition coefficient (Wildman–Crippen LogP) is 1.46. The monoisotopic (exact) mass is 400 g/mol. The first-order chi connectivity index (χ1) is 13.3. The van der Waals surface area contributed by atoms with Crippen molar-refractivity contribution in [1.82, 2.24) is 18.2 Å². The third-order valence-electron chi connectivity index (χ3n) is 3.85. The highest BCUT2D eigenvalue weighted by atomic mass is 32.2. The Morgan fingerprint density at radius 2 is 2.11 bits per heavy atom. The van der Waals surface area contributed by atoms with E-state index < -0.39 is 16.2 Å². The van der Waals surface area contributed by atoms with Crippen LogP contribution in [0.25, 0.3) is 22.6 Å². The molecular weight excluding hydrogens is 384 g/mol. The molecule has 0 radical (unpaired) electrons. The van der Waals surface area contributed by atoms with Crippen LogP contribution >= 0.6 is 0 Å². The maximum absolute atomic E-state index is 13.0. The van der Waals surface area contributed by atoms with Crippen LogP contribution in [0.15, 0.2) is 36.5 Å². The van der Waals surface area contributed by atoms with Crippen molar-refractivity contribution < 1.29 is 23.1 Å². The summed E-state index contributed by atoms with van der Waals surface area (Å²) in [4.78, 5) is 20.0. The number of pyridine rings is 1. The second-order valence-electron chi connectivity index (χ2n) is 5.84. The van der Waals surface area contributed by atoms with E-state index in [2.05, 4.69) is 15.9 Å². The highest BCUT2D eigenvalue weighted by Crippen LogP contribution is 2.30. The van der Waals surface area contributed by atoms with Crippen molar-refractivity contribution in [3.8, 4) is 29.6 Å². The van der Waals surface area contributed by atoms with Crippen LogP contribution in [0.5, 0.6) is 5.75 Å². The second-order valence-corrected chi connectivity index (χ2v) is 7.83. The number of aromatic nitrogens is 3. The lowest BCUT2D eigenvalue weighted by Crippen LogP contribution is -2.29. The van der Waals surface area contributed by atoms with Gasteiger partial charge in [-0.25, -0.2) is 13.8 Å². The molecule has 10 heteroatoms. The van der Waals surface area contributed by atoms with Gasteiger partial charge in [-0.2, -0.15) is 12.7 Å². The number of carbonyl (C=O) groups is 1. The van der Waals surface area contributed by atoms with Gasteiger partial charge in [-0.05, 0) is 24.3 Å². The summed E-state index contributed by atoms with van der Waals surface area (Å²) in [6, 6.07) is 7.39. The Labute approximate surface area is 161 Å². The van der Waals surface area contributed by atoms with Gasteiger partial charge in [0.25, 0.3) is 0 Å². The fraction of sp³-hybridized carbons (Fsp3) is 0.167. The zero-order chi connectivity index (χ0) is 20.5. The molecule has 3 aromatic rings. The first-order valence-electron chi connectivity index (χ1n) is 7.98. The van der Waals surface area contributed by atoms with Crippen LogP contribution in [0.4, 0.5) is 0 Å². The average Bonchev–Trinajstić information content (AvgIpc) is 3.05. The molecule has 28 heavy (non-hydrogen) atoms. The maximum Gasteiger partial charge on any atom is 0.338 e. The van der Waals surface area contributed by atoms with E-state index in [1.165, 1.54) is 44.6 Å². The molecule has 0 bridgehead atoms. The molecule has 9 nitrogen and oxygen atoms in total. The molecule has 2 aromatic heterocycles. The largest absolute Gasteiger partial charge is 0.481 e. The van der Waals surface area contributed by atoms with Crippen LogP contribution in [0.2, 0.25) is 0 Å². The Balaban J connectivity index is 2.36. The molecule has 0 aliphatic carbocycles. The van der Waals surface area contributed by atoms with Crippen molar-refractivity contribution in [2.75, 3.05) is 20.7 Å². The Kier molecular flexibility index (Phi) is 5.04. The quantitative estimate of drug-likeness (QED) is 0.623. The van der Waals surface area contributed by atoms with Gasteiger partial charge in [0.05, 0.1) is 16.6 Å². The third kappa shape index (κ3) is 3.28. The summed E-state index contributed by atoms with van der Waals surface area (Å²) in [6.45, 7) is 0.0402. The van der Waals surface area contributed by atoms with Gasteiger partial charge in [0, 0.05) is 26.4 Å². The molecule has 0 unspecified atom stereocenters. The summed E-state index contributed by atoms with van der Waals surface area (Å²) >= 11 is 0. The molecule has 2 heterocycles. The number of carboxylic acids is 1. The number of terminal acetylenes is 1. The smallest absolute Gasteiger partial charge is 0.338 e. The van der Waals surface area contributed by atoms with Crippen LogP contribution < -0.4 is 4.74 Å². The molecular formula is C18H16N4O5S. The van der Waals surface area contributed by atoms with E-state index >= 15 is 0 Å². The molecule has 0 amide bonds. The molecule has 3 rings (SSSR count). The molecule has 0 aliphatic heterocycles. The van der Waals surface area contributed by atoms with E-state index in [1.54, 1.807) is 6.07 Å². The standard InChI is InChI=1S/C18H16N4O5S/c1-4-10-27-12-7-8-15-14(11-12)20-17(22(15)28(25,26)21(2)3)16-13(18(23)24)6-5-9-19-16/h1,5-9,11H,10H2,2-3H3,(H,23,24). The third-order valence-corrected chi connectivity index (χ3v) is 5.60. The van der Waals surface area contributed by atoms with Gasteiger partial charge < -0.3 is 9.84 Å². The summed E-state index contributed by atoms with van der Waals surface area (Å²) in [6.07, 6.45) is 6.56. The molecule has 144 valence electrons. The van der Waals surface area contributed by atoms with E-state index in [9.17, 15) is 18.3 Å². The minimum Gasteiger partial charge on any atom is -0.481 e. The molecule has 0 fully saturated rings. The Morgan fingerprint density at radius 1 is 1.36 bits per heavy atom. The van der Waals surface area contributed by atoms with Crippen molar-refractivity contribution in [2.24, 2.45) is 0 Å². The Morgan fingerprint density at radius 3 is 2.75 bits per heavy atom. The van der Waals surface area contributed by atoms with Crippen molar-refractivity contribution in [3.63, 3.8) is 0 Å². The molecule has 0 saturated heterocycles. The lowest BCUT2D eigenvalue weighted by molar-refractivity contribution is 0.0697. The molecule has 1 aromatic carbocycles. The summed E-state index contributed by atoms with van der Waals surface area (Å²) in [5, 5.41) is 9.47. The number of aromatic carboxylic acids is 1. The number of ether oxygens (including phenoxy) is 1. The number of nitrogens with zero attached hydrogens (tertiary/aromatic N) is 4. The minimum absolute atomic E-state index is 0.0402. The lowest BCUT2D eigenvalue weighted by atomic mass is 10.2. The number of imidazole rings is 1. The number of hydrogen-bond donors (Lipinski definition) is 1. The van der Waals surface area contributed by atoms with E-state index in [4.69, 9.17) is 11.2 Å². The number of benzene rings is 1. The SMILES string of the molecule is C#CCOc1ccc2c(c1)nc(-c1ncccc1C(=O)O)n2S(=O)(=O)N(C)C. The summed E-state index contributed by atoms with van der Waals surface area (Å²) in [7, 11) is -1.30. The van der Waals surface area contributed by atoms with Crippen molar-refractivity contribution in [3.05, 3.63) is 42.1 Å².